The second kappa shape index (κ2) is 4.03. The number of carbonyl (C=O) groups is 1. The van der Waals surface area contributed by atoms with Crippen molar-refractivity contribution in [1.29, 1.82) is 0 Å². The van der Waals surface area contributed by atoms with Crippen molar-refractivity contribution in [2.45, 2.75) is 6.92 Å². The molecule has 0 aliphatic carbocycles. The van der Waals surface area contributed by atoms with Crippen LogP contribution in [0.5, 0.6) is 0 Å². The Hall–Kier alpha value is -0.660. The van der Waals surface area contributed by atoms with Crippen molar-refractivity contribution in [3.05, 3.63) is 0 Å². The summed E-state index contributed by atoms with van der Waals surface area (Å²) in [7, 11) is -0.624. The first kappa shape index (κ1) is 12.3. The summed E-state index contributed by atoms with van der Waals surface area (Å²) in [4.78, 5) is 10.4. The molecule has 0 fully saturated rings. The molecule has 0 aliphatic heterocycles. The highest BCUT2D eigenvalue weighted by atomic mass is 32.2. The van der Waals surface area contributed by atoms with E-state index in [1.165, 1.54) is 21.0 Å². The Morgan fingerprint density at radius 2 is 1.85 bits per heavy atom. The average molecular weight is 212 g/mol. The number of rotatable bonds is 4. The summed E-state index contributed by atoms with van der Waals surface area (Å²) in [5.74, 6) is -0.483. The third-order valence-corrected chi connectivity index (χ3v) is 1.59. The van der Waals surface area contributed by atoms with Gasteiger partial charge >= 0.3 is 16.1 Å². The maximum atomic E-state index is 10.7. The molecule has 0 N–H and O–H groups in total. The van der Waals surface area contributed by atoms with Crippen LogP contribution in [0, 0.1) is 0 Å². The molecule has 7 heteroatoms. The van der Waals surface area contributed by atoms with Crippen molar-refractivity contribution >= 4 is 16.1 Å². The van der Waals surface area contributed by atoms with Gasteiger partial charge in [-0.15, -0.1) is 4.65 Å². The van der Waals surface area contributed by atoms with Crippen molar-refractivity contribution in [3.8, 4) is 0 Å². The van der Waals surface area contributed by atoms with Crippen molar-refractivity contribution in [1.82, 2.24) is 0 Å². The van der Waals surface area contributed by atoms with Crippen LogP contribution in [0.25, 0.3) is 0 Å². The molecule has 78 valence electrons. The molecule has 0 atom stereocenters. The molecule has 0 aromatic rings. The van der Waals surface area contributed by atoms with E-state index in [0.29, 0.717) is 0 Å². The third kappa shape index (κ3) is 7.69. The quantitative estimate of drug-likeness (QED) is 0.271. The van der Waals surface area contributed by atoms with Crippen molar-refractivity contribution in [2.75, 3.05) is 27.1 Å². The minimum Gasteiger partial charge on any atom is -0.412 e. The Bertz CT molecular complexity index is 281. The lowest BCUT2D eigenvalue weighted by Gasteiger charge is -2.23. The highest BCUT2D eigenvalue weighted by molar-refractivity contribution is 7.85. The zero-order valence-corrected chi connectivity index (χ0v) is 8.92. The van der Waals surface area contributed by atoms with Crippen LogP contribution in [0.3, 0.4) is 0 Å². The van der Waals surface area contributed by atoms with E-state index in [0.717, 1.165) is 6.26 Å². The van der Waals surface area contributed by atoms with Crippen LogP contribution >= 0.6 is 0 Å². The Labute approximate surface area is 77.7 Å². The van der Waals surface area contributed by atoms with Gasteiger partial charge in [0.05, 0.1) is 6.26 Å². The monoisotopic (exact) mass is 212 g/mol. The fraction of sp³-hybridized carbons (Fsp3) is 0.833. The van der Waals surface area contributed by atoms with Gasteiger partial charge in [-0.2, -0.15) is 8.42 Å². The Morgan fingerprint density at radius 1 is 1.38 bits per heavy atom. The van der Waals surface area contributed by atoms with E-state index >= 15 is 0 Å². The summed E-state index contributed by atoms with van der Waals surface area (Å²) in [6, 6.07) is 0. The Morgan fingerprint density at radius 3 is 2.15 bits per heavy atom. The first-order valence-electron chi connectivity index (χ1n) is 3.50. The molecule has 0 amide bonds. The zero-order chi connectivity index (χ0) is 10.7. The van der Waals surface area contributed by atoms with Crippen molar-refractivity contribution in [3.63, 3.8) is 0 Å². The SMILES string of the molecule is CC(=O)OC[N+](C)(C)OS(C)(=O)=O. The molecule has 0 spiro atoms. The van der Waals surface area contributed by atoms with Gasteiger partial charge in [0.2, 0.25) is 0 Å². The Balaban J connectivity index is 4.17. The van der Waals surface area contributed by atoms with E-state index in [9.17, 15) is 13.2 Å². The van der Waals surface area contributed by atoms with Gasteiger partial charge in [-0.3, -0.25) is 4.79 Å². The number of ether oxygens (including phenoxy) is 1. The number of esters is 1. The number of hydrogen-bond acceptors (Lipinski definition) is 5. The lowest BCUT2D eigenvalue weighted by atomic mass is 10.8. The third-order valence-electron chi connectivity index (χ3n) is 0.916. The standard InChI is InChI=1S/C6H14NO5S/c1-6(8)11-5-7(2,3)12-13(4,9)10/h5H2,1-4H3/q+1. The molecule has 0 bridgehead atoms. The minimum atomic E-state index is -3.55. The fourth-order valence-corrected chi connectivity index (χ4v) is 1.41. The second-order valence-electron chi connectivity index (χ2n) is 3.12. The number of hydroxylamine groups is 3. The number of carbonyl (C=O) groups excluding carboxylic acids is 1. The lowest BCUT2D eigenvalue weighted by molar-refractivity contribution is -1.06. The molecule has 0 rings (SSSR count). The second-order valence-corrected chi connectivity index (χ2v) is 4.67. The lowest BCUT2D eigenvalue weighted by Crippen LogP contribution is -2.43. The van der Waals surface area contributed by atoms with Crippen LogP contribution < -0.4 is 0 Å². The molecule has 0 saturated carbocycles. The van der Waals surface area contributed by atoms with Crippen LogP contribution in [0.2, 0.25) is 0 Å². The minimum absolute atomic E-state index is 0.150. The molecule has 0 unspecified atom stereocenters. The molecule has 0 aromatic carbocycles. The van der Waals surface area contributed by atoms with Crippen LogP contribution in [0.15, 0.2) is 0 Å². The van der Waals surface area contributed by atoms with Crippen LogP contribution in [-0.4, -0.2) is 46.1 Å². The van der Waals surface area contributed by atoms with Crippen molar-refractivity contribution < 1.29 is 26.9 Å². The number of quaternary nitrogens is 1. The van der Waals surface area contributed by atoms with Gasteiger partial charge in [0.15, 0.2) is 0 Å². The van der Waals surface area contributed by atoms with Crippen LogP contribution in [-0.2, 0) is 23.9 Å². The van der Waals surface area contributed by atoms with Gasteiger partial charge in [0.1, 0.15) is 14.1 Å². The smallest absolute Gasteiger partial charge is 0.311 e. The summed E-state index contributed by atoms with van der Waals surface area (Å²) in [5.41, 5.74) is 0. The van der Waals surface area contributed by atoms with Gasteiger partial charge < -0.3 is 4.74 Å². The molecule has 0 aromatic heterocycles. The summed E-state index contributed by atoms with van der Waals surface area (Å²) in [6.07, 6.45) is 0.931. The first-order chi connectivity index (χ1) is 5.62. The molecule has 13 heavy (non-hydrogen) atoms. The van der Waals surface area contributed by atoms with Gasteiger partial charge in [0.25, 0.3) is 6.73 Å². The van der Waals surface area contributed by atoms with Gasteiger partial charge in [-0.05, 0) is 0 Å². The van der Waals surface area contributed by atoms with E-state index < -0.39 is 16.1 Å². The van der Waals surface area contributed by atoms with E-state index in [1.54, 1.807) is 0 Å². The highest BCUT2D eigenvalue weighted by Gasteiger charge is 2.24. The predicted molar refractivity (Wildman–Crippen MR) is 44.7 cm³/mol. The molecule has 6 nitrogen and oxygen atoms in total. The number of hydrogen-bond donors (Lipinski definition) is 0. The number of nitrogens with zero attached hydrogens (tertiary/aromatic N) is 1. The largest absolute Gasteiger partial charge is 0.412 e. The fourth-order valence-electron chi connectivity index (χ4n) is 0.634. The normalized spacial score (nSPS) is 12.6. The summed E-state index contributed by atoms with van der Waals surface area (Å²) in [6.45, 7) is 1.09. The van der Waals surface area contributed by atoms with Crippen molar-refractivity contribution in [2.24, 2.45) is 0 Å². The van der Waals surface area contributed by atoms with Crippen LogP contribution in [0.1, 0.15) is 6.92 Å². The van der Waals surface area contributed by atoms with E-state index in [2.05, 4.69) is 9.02 Å². The summed E-state index contributed by atoms with van der Waals surface area (Å²) in [5, 5.41) is 0. The molecular formula is C6H14NO5S+. The van der Waals surface area contributed by atoms with Crippen LogP contribution in [0.4, 0.5) is 0 Å². The van der Waals surface area contributed by atoms with E-state index in [1.807, 2.05) is 0 Å². The van der Waals surface area contributed by atoms with Gasteiger partial charge in [-0.1, -0.05) is 4.28 Å². The highest BCUT2D eigenvalue weighted by Crippen LogP contribution is 2.03. The van der Waals surface area contributed by atoms with E-state index in [-0.39, 0.29) is 11.4 Å². The van der Waals surface area contributed by atoms with Gasteiger partial charge in [0, 0.05) is 6.92 Å². The maximum Gasteiger partial charge on any atom is 0.311 e. The Kier molecular flexibility index (Phi) is 3.83. The molecule has 0 saturated heterocycles. The predicted octanol–water partition coefficient (Wildman–Crippen LogP) is -0.525. The summed E-state index contributed by atoms with van der Waals surface area (Å²) >= 11 is 0. The average Bonchev–Trinajstić information content (AvgIpc) is 1.78. The summed E-state index contributed by atoms with van der Waals surface area (Å²) < 4.78 is 30.3. The molecule has 0 radical (unpaired) electrons. The zero-order valence-electron chi connectivity index (χ0n) is 8.10. The molecular weight excluding hydrogens is 198 g/mol. The van der Waals surface area contributed by atoms with Gasteiger partial charge in [-0.25, -0.2) is 0 Å². The van der Waals surface area contributed by atoms with E-state index in [4.69, 9.17) is 0 Å². The molecule has 0 aliphatic rings. The topological polar surface area (TPSA) is 69.7 Å². The first-order valence-corrected chi connectivity index (χ1v) is 5.31. The molecule has 0 heterocycles. The maximum absolute atomic E-state index is 10.7.